The van der Waals surface area contributed by atoms with Gasteiger partial charge in [0.2, 0.25) is 5.91 Å². The van der Waals surface area contributed by atoms with E-state index in [1.807, 2.05) is 0 Å². The van der Waals surface area contributed by atoms with Crippen LogP contribution in [0.1, 0.15) is 103 Å². The Labute approximate surface area is 144 Å². The van der Waals surface area contributed by atoms with E-state index < -0.39 is 6.04 Å². The van der Waals surface area contributed by atoms with Crippen molar-refractivity contribution in [3.05, 3.63) is 0 Å². The van der Waals surface area contributed by atoms with Gasteiger partial charge >= 0.3 is 0 Å². The highest BCUT2D eigenvalue weighted by Crippen LogP contribution is 2.13. The fourth-order valence-corrected chi connectivity index (χ4v) is 2.70. The van der Waals surface area contributed by atoms with E-state index in [4.69, 9.17) is 11.5 Å². The largest absolute Gasteiger partial charge is 0.368 e. The fraction of sp³-hybridized carbons (Fsp3) is 0.944. The van der Waals surface area contributed by atoms with Crippen LogP contribution in [0.15, 0.2) is 0 Å². The number of nitrogens with two attached hydrogens (primary N) is 2. The molecule has 0 heterocycles. The molecule has 23 heavy (non-hydrogen) atoms. The molecule has 0 aromatic carbocycles. The van der Waals surface area contributed by atoms with E-state index in [0.29, 0.717) is 0 Å². The highest BCUT2D eigenvalue weighted by molar-refractivity contribution is 5.79. The van der Waals surface area contributed by atoms with Gasteiger partial charge in [-0.2, -0.15) is 0 Å². The Hall–Kier alpha value is -0.650. The second-order valence-electron chi connectivity index (χ2n) is 6.39. The van der Waals surface area contributed by atoms with Crippen LogP contribution in [0.2, 0.25) is 0 Å². The van der Waals surface area contributed by atoms with Crippen molar-refractivity contribution in [2.75, 3.05) is 0 Å². The Kier molecular flexibility index (Phi) is 25.3. The minimum absolute atomic E-state index is 0. The van der Waals surface area contributed by atoms with Gasteiger partial charge < -0.3 is 23.8 Å². The molecule has 0 saturated carbocycles. The van der Waals surface area contributed by atoms with Crippen molar-refractivity contribution in [3.8, 4) is 0 Å². The van der Waals surface area contributed by atoms with E-state index >= 15 is 0 Å². The first-order valence-corrected chi connectivity index (χ1v) is 9.23. The van der Waals surface area contributed by atoms with Crippen LogP contribution in [0.5, 0.6) is 0 Å². The monoisotopic (exact) mass is 332 g/mol. The minimum Gasteiger partial charge on any atom is -0.368 e. The Morgan fingerprint density at radius 2 is 1.00 bits per heavy atom. The SMILES string of the molecule is CCCCCCCCCCCCCCCCC(N)C(N)=O.N.N. The number of unbranched alkanes of at least 4 members (excludes halogenated alkanes) is 13. The molecule has 1 unspecified atom stereocenters. The van der Waals surface area contributed by atoms with Gasteiger partial charge in [-0.05, 0) is 6.42 Å². The maximum absolute atomic E-state index is 10.8. The van der Waals surface area contributed by atoms with Gasteiger partial charge in [-0.25, -0.2) is 0 Å². The number of carbonyl (C=O) groups excluding carboxylic acids is 1. The molecule has 0 saturated heterocycles. The molecule has 0 aromatic heterocycles. The predicted octanol–water partition coefficient (Wildman–Crippen LogP) is 4.99. The summed E-state index contributed by atoms with van der Waals surface area (Å²) in [4.78, 5) is 10.8. The van der Waals surface area contributed by atoms with Gasteiger partial charge in [0, 0.05) is 0 Å². The second-order valence-corrected chi connectivity index (χ2v) is 6.39. The predicted molar refractivity (Wildman–Crippen MR) is 102 cm³/mol. The van der Waals surface area contributed by atoms with Crippen molar-refractivity contribution in [2.45, 2.75) is 109 Å². The van der Waals surface area contributed by atoms with E-state index in [1.165, 1.54) is 83.5 Å². The molecule has 0 aliphatic heterocycles. The third-order valence-corrected chi connectivity index (χ3v) is 4.23. The third-order valence-electron chi connectivity index (χ3n) is 4.23. The molecule has 1 amide bonds. The van der Waals surface area contributed by atoms with E-state index in [1.54, 1.807) is 0 Å². The molecule has 0 spiro atoms. The van der Waals surface area contributed by atoms with Gasteiger partial charge in [-0.15, -0.1) is 0 Å². The molecule has 0 aliphatic rings. The third kappa shape index (κ3) is 21.4. The van der Waals surface area contributed by atoms with Crippen LogP contribution in [-0.4, -0.2) is 11.9 Å². The number of amides is 1. The topological polar surface area (TPSA) is 139 Å². The van der Waals surface area contributed by atoms with Gasteiger partial charge in [0.05, 0.1) is 6.04 Å². The average molecular weight is 333 g/mol. The van der Waals surface area contributed by atoms with E-state index in [0.717, 1.165) is 12.8 Å². The summed E-state index contributed by atoms with van der Waals surface area (Å²) < 4.78 is 0. The molecule has 5 nitrogen and oxygen atoms in total. The molecule has 0 fully saturated rings. The zero-order chi connectivity index (χ0) is 15.8. The van der Waals surface area contributed by atoms with E-state index in [9.17, 15) is 4.79 Å². The summed E-state index contributed by atoms with van der Waals surface area (Å²) in [6.45, 7) is 2.27. The van der Waals surface area contributed by atoms with Crippen LogP contribution in [0.3, 0.4) is 0 Å². The molecule has 0 rings (SSSR count). The summed E-state index contributed by atoms with van der Waals surface area (Å²) in [5.41, 5.74) is 10.7. The molecule has 142 valence electrons. The van der Waals surface area contributed by atoms with Gasteiger partial charge in [-0.1, -0.05) is 96.8 Å². The molecule has 10 N–H and O–H groups in total. The molecule has 0 aliphatic carbocycles. The van der Waals surface area contributed by atoms with Gasteiger partial charge in [0.1, 0.15) is 0 Å². The molecule has 0 aromatic rings. The van der Waals surface area contributed by atoms with Crippen LogP contribution >= 0.6 is 0 Å². The lowest BCUT2D eigenvalue weighted by Gasteiger charge is -2.06. The zero-order valence-electron chi connectivity index (χ0n) is 15.7. The number of hydrogen-bond acceptors (Lipinski definition) is 4. The Morgan fingerprint density at radius 1 is 0.696 bits per heavy atom. The van der Waals surface area contributed by atoms with Crippen LogP contribution in [0.25, 0.3) is 0 Å². The molecule has 0 radical (unpaired) electrons. The van der Waals surface area contributed by atoms with Gasteiger partial charge in [0.15, 0.2) is 0 Å². The molecular weight excluding hydrogens is 288 g/mol. The number of carbonyl (C=O) groups is 1. The van der Waals surface area contributed by atoms with Crippen molar-refractivity contribution in [2.24, 2.45) is 11.5 Å². The van der Waals surface area contributed by atoms with Crippen molar-refractivity contribution in [3.63, 3.8) is 0 Å². The molecule has 1 atom stereocenters. The summed E-state index contributed by atoms with van der Waals surface area (Å²) in [5.74, 6) is -0.371. The fourth-order valence-electron chi connectivity index (χ4n) is 2.70. The molecule has 5 heteroatoms. The van der Waals surface area contributed by atoms with Crippen LogP contribution < -0.4 is 23.8 Å². The summed E-state index contributed by atoms with van der Waals surface area (Å²) in [6, 6.07) is -0.442. The number of hydrogen-bond donors (Lipinski definition) is 4. The lowest BCUT2D eigenvalue weighted by Crippen LogP contribution is -2.36. The van der Waals surface area contributed by atoms with Gasteiger partial charge in [-0.3, -0.25) is 4.79 Å². The van der Waals surface area contributed by atoms with Crippen molar-refractivity contribution in [1.29, 1.82) is 0 Å². The first kappa shape index (κ1) is 27.2. The summed E-state index contributed by atoms with van der Waals surface area (Å²) >= 11 is 0. The average Bonchev–Trinajstić information content (AvgIpc) is 2.47. The number of primary amides is 1. The zero-order valence-corrected chi connectivity index (χ0v) is 15.7. The lowest BCUT2D eigenvalue weighted by atomic mass is 10.0. The van der Waals surface area contributed by atoms with E-state index in [2.05, 4.69) is 6.92 Å². The standard InChI is InChI=1S/C18H38N2O.2H3N/c1-2-3-4-5-6-7-8-9-10-11-12-13-14-15-16-17(19)18(20)21;;/h17H,2-16,19H2,1H3,(H2,20,21);2*1H3. The summed E-state index contributed by atoms with van der Waals surface area (Å²) in [7, 11) is 0. The van der Waals surface area contributed by atoms with Crippen LogP contribution in [-0.2, 0) is 4.79 Å². The Balaban J connectivity index is -0.00000200. The smallest absolute Gasteiger partial charge is 0.234 e. The van der Waals surface area contributed by atoms with Crippen molar-refractivity contribution in [1.82, 2.24) is 12.3 Å². The first-order valence-electron chi connectivity index (χ1n) is 9.23. The highest BCUT2D eigenvalue weighted by Gasteiger charge is 2.07. The lowest BCUT2D eigenvalue weighted by molar-refractivity contribution is -0.119. The Morgan fingerprint density at radius 3 is 1.30 bits per heavy atom. The normalized spacial score (nSPS) is 11.4. The first-order chi connectivity index (χ1) is 10.2. The van der Waals surface area contributed by atoms with Crippen molar-refractivity contribution >= 4 is 5.91 Å². The maximum Gasteiger partial charge on any atom is 0.234 e. The van der Waals surface area contributed by atoms with Gasteiger partial charge in [0.25, 0.3) is 0 Å². The summed E-state index contributed by atoms with van der Waals surface area (Å²) in [5, 5.41) is 0. The molecule has 0 bridgehead atoms. The highest BCUT2D eigenvalue weighted by atomic mass is 16.1. The van der Waals surface area contributed by atoms with Crippen LogP contribution in [0.4, 0.5) is 0 Å². The molecular formula is C18H44N4O. The maximum atomic E-state index is 10.8. The Bertz CT molecular complexity index is 237. The minimum atomic E-state index is -0.442. The number of rotatable bonds is 16. The quantitative estimate of drug-likeness (QED) is 0.295. The summed E-state index contributed by atoms with van der Waals surface area (Å²) in [6.07, 6.45) is 19.6. The van der Waals surface area contributed by atoms with E-state index in [-0.39, 0.29) is 18.2 Å². The second kappa shape index (κ2) is 21.4. The van der Waals surface area contributed by atoms with Crippen LogP contribution in [0, 0.1) is 0 Å². The van der Waals surface area contributed by atoms with Crippen molar-refractivity contribution < 1.29 is 4.79 Å².